The average Bonchev–Trinajstić information content (AvgIpc) is 3.20. The van der Waals surface area contributed by atoms with Gasteiger partial charge < -0.3 is 8.96 Å². The summed E-state index contributed by atoms with van der Waals surface area (Å²) in [6.45, 7) is 4.78. The van der Waals surface area contributed by atoms with Crippen molar-refractivity contribution in [1.82, 2.24) is 5.32 Å². The standard InChI is InChI=1S/C26H42BN4S/c1-3-19-27(20-4-2)30(22-15-9-6-10-16-22)25(28-21-13-7-5-8-14-21)29-26-31(27)23-17-11-12-18-24(23)32-26/h11-12,17-18,21-22,28-29H,3-10,13-16,19-20H2,1-2H3/q+1. The summed E-state index contributed by atoms with van der Waals surface area (Å²) in [6.07, 6.45) is 17.7. The summed E-state index contributed by atoms with van der Waals surface area (Å²) in [5.41, 5.74) is 1.43. The van der Waals surface area contributed by atoms with Crippen LogP contribution in [0.25, 0.3) is 10.2 Å². The zero-order chi connectivity index (χ0) is 22.0. The number of benzene rings is 1. The molecule has 2 N–H and O–H groups in total. The Balaban J connectivity index is 1.69. The minimum atomic E-state index is -0.883. The van der Waals surface area contributed by atoms with Crippen LogP contribution < -0.4 is 15.1 Å². The second-order valence-corrected chi connectivity index (χ2v) is 11.6. The summed E-state index contributed by atoms with van der Waals surface area (Å²) >= 11 is 1.95. The van der Waals surface area contributed by atoms with Crippen LogP contribution in [0.5, 0.6) is 0 Å². The summed E-state index contributed by atoms with van der Waals surface area (Å²) in [5.74, 6) is 1.34. The van der Waals surface area contributed by atoms with Crippen molar-refractivity contribution >= 4 is 39.1 Å². The van der Waals surface area contributed by atoms with Crippen molar-refractivity contribution in [1.29, 1.82) is 0 Å². The van der Waals surface area contributed by atoms with E-state index < -0.39 is 6.42 Å². The van der Waals surface area contributed by atoms with Gasteiger partial charge in [0.25, 0.3) is 5.13 Å². The molecule has 5 rings (SSSR count). The Morgan fingerprint density at radius 1 is 0.938 bits per heavy atom. The largest absolute Gasteiger partial charge is 0.402 e. The fraction of sp³-hybridized carbons (Fsp3) is 0.692. The van der Waals surface area contributed by atoms with Crippen molar-refractivity contribution in [3.8, 4) is 0 Å². The highest BCUT2D eigenvalue weighted by atomic mass is 32.1. The first kappa shape index (κ1) is 22.2. The maximum Gasteiger partial charge on any atom is 0.351 e. The van der Waals surface area contributed by atoms with Crippen molar-refractivity contribution in [3.05, 3.63) is 24.3 Å². The lowest BCUT2D eigenvalue weighted by atomic mass is 9.38. The van der Waals surface area contributed by atoms with Crippen LogP contribution in [0.15, 0.2) is 24.3 Å². The topological polar surface area (TPSA) is 30.9 Å². The lowest BCUT2D eigenvalue weighted by Crippen LogP contribution is -2.78. The molecule has 1 aromatic heterocycles. The van der Waals surface area contributed by atoms with Gasteiger partial charge in [-0.3, -0.25) is 5.32 Å². The van der Waals surface area contributed by atoms with E-state index in [4.69, 9.17) is 0 Å². The Morgan fingerprint density at radius 3 is 2.28 bits per heavy atom. The molecule has 0 spiro atoms. The van der Waals surface area contributed by atoms with Crippen LogP contribution in [-0.4, -0.2) is 28.9 Å². The van der Waals surface area contributed by atoms with E-state index in [1.165, 1.54) is 111 Å². The van der Waals surface area contributed by atoms with Gasteiger partial charge in [0, 0.05) is 6.04 Å². The Morgan fingerprint density at radius 2 is 1.59 bits per heavy atom. The van der Waals surface area contributed by atoms with Crippen LogP contribution in [-0.2, 0) is 0 Å². The van der Waals surface area contributed by atoms with Crippen LogP contribution in [0.4, 0.5) is 5.13 Å². The SMILES string of the molecule is CCC[B-]1(CCC)[N+](C2CCCCC2)=C(NC2CCCCC2)Nc2sc3ccccc3[n+]21. The van der Waals surface area contributed by atoms with Gasteiger partial charge >= 0.3 is 12.4 Å². The van der Waals surface area contributed by atoms with Crippen LogP contribution in [0.1, 0.15) is 90.9 Å². The quantitative estimate of drug-likeness (QED) is 0.500. The predicted molar refractivity (Wildman–Crippen MR) is 139 cm³/mol. The monoisotopic (exact) mass is 453 g/mol. The van der Waals surface area contributed by atoms with Crippen molar-refractivity contribution < 1.29 is 8.96 Å². The molecule has 0 saturated heterocycles. The third-order valence-electron chi connectivity index (χ3n) is 8.45. The van der Waals surface area contributed by atoms with Gasteiger partial charge in [0.05, 0.1) is 10.7 Å². The fourth-order valence-electron chi connectivity index (χ4n) is 7.19. The van der Waals surface area contributed by atoms with Crippen molar-refractivity contribution in [2.45, 2.75) is 116 Å². The zero-order valence-corrected chi connectivity index (χ0v) is 21.1. The molecule has 6 heteroatoms. The van der Waals surface area contributed by atoms with E-state index in [0.29, 0.717) is 12.1 Å². The summed E-state index contributed by atoms with van der Waals surface area (Å²) in [4.78, 5) is 0. The molecule has 2 heterocycles. The highest BCUT2D eigenvalue weighted by Gasteiger charge is 2.49. The van der Waals surface area contributed by atoms with E-state index in [-0.39, 0.29) is 0 Å². The van der Waals surface area contributed by atoms with E-state index in [1.807, 2.05) is 11.3 Å². The molecule has 32 heavy (non-hydrogen) atoms. The first-order valence-electron chi connectivity index (χ1n) is 13.6. The van der Waals surface area contributed by atoms with Gasteiger partial charge in [-0.15, -0.1) is 0 Å². The van der Waals surface area contributed by atoms with Gasteiger partial charge in [-0.05, 0) is 37.8 Å². The third-order valence-corrected chi connectivity index (χ3v) is 9.51. The number of guanidine groups is 1. The Labute approximate surface area is 198 Å². The maximum atomic E-state index is 4.10. The number of thiazole rings is 1. The number of fused-ring (bicyclic) bond motifs is 3. The van der Waals surface area contributed by atoms with Gasteiger partial charge in [0.2, 0.25) is 0 Å². The summed E-state index contributed by atoms with van der Waals surface area (Å²) in [6, 6.07) is 10.4. The molecule has 1 aliphatic heterocycles. The molecule has 4 nitrogen and oxygen atoms in total. The van der Waals surface area contributed by atoms with Crippen molar-refractivity contribution in [3.63, 3.8) is 0 Å². The number of rotatable bonds is 6. The van der Waals surface area contributed by atoms with E-state index in [1.54, 1.807) is 0 Å². The van der Waals surface area contributed by atoms with E-state index in [9.17, 15) is 0 Å². The van der Waals surface area contributed by atoms with Crippen LogP contribution in [0.3, 0.4) is 0 Å². The zero-order valence-electron chi connectivity index (χ0n) is 20.2. The number of hydrogen-bond donors (Lipinski definition) is 2. The summed E-state index contributed by atoms with van der Waals surface area (Å²) in [5, 5.41) is 9.43. The molecule has 2 saturated carbocycles. The van der Waals surface area contributed by atoms with E-state index in [0.717, 1.165) is 0 Å². The summed E-state index contributed by atoms with van der Waals surface area (Å²) in [7, 11) is 0. The molecule has 1 aromatic carbocycles. The van der Waals surface area contributed by atoms with Gasteiger partial charge in [0.1, 0.15) is 5.52 Å². The highest BCUT2D eigenvalue weighted by Crippen LogP contribution is 2.35. The fourth-order valence-corrected chi connectivity index (χ4v) is 8.36. The molecule has 2 aromatic rings. The van der Waals surface area contributed by atoms with Crippen LogP contribution in [0.2, 0.25) is 12.6 Å². The van der Waals surface area contributed by atoms with E-state index in [2.05, 4.69) is 57.7 Å². The van der Waals surface area contributed by atoms with Crippen molar-refractivity contribution in [2.75, 3.05) is 5.32 Å². The predicted octanol–water partition coefficient (Wildman–Crippen LogP) is 6.35. The number of nitrogens with one attached hydrogen (secondary N) is 2. The van der Waals surface area contributed by atoms with Crippen molar-refractivity contribution in [2.24, 2.45) is 0 Å². The number of anilines is 1. The van der Waals surface area contributed by atoms with Gasteiger partial charge in [0.15, 0.2) is 0 Å². The maximum absolute atomic E-state index is 4.10. The van der Waals surface area contributed by atoms with Gasteiger partial charge in [-0.1, -0.05) is 101 Å². The van der Waals surface area contributed by atoms with E-state index >= 15 is 0 Å². The molecule has 0 atom stereocenters. The number of nitrogens with zero attached hydrogens (tertiary/aromatic N) is 2. The minimum absolute atomic E-state index is 0.620. The van der Waals surface area contributed by atoms with Crippen LogP contribution in [0, 0.1) is 0 Å². The third kappa shape index (κ3) is 3.97. The second kappa shape index (κ2) is 9.74. The summed E-state index contributed by atoms with van der Waals surface area (Å²) < 4.78 is 7.12. The molecular weight excluding hydrogens is 411 g/mol. The highest BCUT2D eigenvalue weighted by molar-refractivity contribution is 7.22. The van der Waals surface area contributed by atoms with Gasteiger partial charge in [-0.25, -0.2) is 0 Å². The first-order valence-corrected chi connectivity index (χ1v) is 14.4. The number of aromatic nitrogens is 1. The molecule has 2 aliphatic carbocycles. The first-order chi connectivity index (χ1) is 15.8. The molecular formula is C26H42BN4S+. The smallest absolute Gasteiger partial charge is 0.351 e. The Hall–Kier alpha value is -1.56. The lowest BCUT2D eigenvalue weighted by Gasteiger charge is -2.47. The normalized spacial score (nSPS) is 22.1. The molecule has 0 amide bonds. The molecule has 0 radical (unpaired) electrons. The average molecular weight is 454 g/mol. The molecule has 3 aliphatic rings. The minimum Gasteiger partial charge on any atom is -0.402 e. The number of para-hydroxylation sites is 1. The van der Waals surface area contributed by atoms with Gasteiger partial charge in [-0.2, -0.15) is 5.32 Å². The Kier molecular flexibility index (Phi) is 6.78. The lowest BCUT2D eigenvalue weighted by molar-refractivity contribution is -0.621. The molecule has 174 valence electrons. The van der Waals surface area contributed by atoms with Crippen LogP contribution >= 0.6 is 11.3 Å². The second-order valence-electron chi connectivity index (χ2n) is 10.6. The number of hydrogen-bond acceptors (Lipinski definition) is 3. The molecule has 0 bridgehead atoms. The molecule has 0 unspecified atom stereocenters. The molecule has 2 fully saturated rings. The Bertz CT molecular complexity index is 950.